The van der Waals surface area contributed by atoms with Gasteiger partial charge in [0, 0.05) is 24.8 Å². The maximum Gasteiger partial charge on any atom is 0.421 e. The van der Waals surface area contributed by atoms with E-state index in [9.17, 15) is 4.79 Å². The van der Waals surface area contributed by atoms with Crippen molar-refractivity contribution in [1.82, 2.24) is 9.47 Å². The van der Waals surface area contributed by atoms with E-state index in [0.717, 1.165) is 5.52 Å². The minimum atomic E-state index is -0.356. The molecule has 0 saturated heterocycles. The van der Waals surface area contributed by atoms with E-state index in [0.29, 0.717) is 37.1 Å². The molecular formula is C12H14Cl2N2O2. The van der Waals surface area contributed by atoms with Crippen LogP contribution in [0.5, 0.6) is 0 Å². The number of hydrogen-bond donors (Lipinski definition) is 0. The average molecular weight is 289 g/mol. The fraction of sp³-hybridized carbons (Fsp3) is 0.417. The Morgan fingerprint density at radius 2 is 1.83 bits per heavy atom. The first-order valence-corrected chi connectivity index (χ1v) is 6.76. The van der Waals surface area contributed by atoms with Gasteiger partial charge in [-0.25, -0.2) is 4.79 Å². The first-order chi connectivity index (χ1) is 8.76. The van der Waals surface area contributed by atoms with Gasteiger partial charge in [0.2, 0.25) is 0 Å². The summed E-state index contributed by atoms with van der Waals surface area (Å²) in [7, 11) is 0. The van der Waals surface area contributed by atoms with Gasteiger partial charge in [-0.2, -0.15) is 0 Å². The Hall–Kier alpha value is -0.970. The van der Waals surface area contributed by atoms with Crippen LogP contribution in [0.25, 0.3) is 11.1 Å². The third-order valence-electron chi connectivity index (χ3n) is 2.72. The molecule has 98 valence electrons. The molecule has 1 aromatic heterocycles. The summed E-state index contributed by atoms with van der Waals surface area (Å²) in [6.07, 6.45) is 0. The van der Waals surface area contributed by atoms with Crippen molar-refractivity contribution < 1.29 is 4.42 Å². The zero-order valence-electron chi connectivity index (χ0n) is 9.81. The number of halogens is 2. The summed E-state index contributed by atoms with van der Waals surface area (Å²) in [4.78, 5) is 13.8. The number of para-hydroxylation sites is 2. The lowest BCUT2D eigenvalue weighted by molar-refractivity contribution is 0.239. The quantitative estimate of drug-likeness (QED) is 0.766. The molecule has 18 heavy (non-hydrogen) atoms. The molecule has 2 aromatic rings. The Morgan fingerprint density at radius 3 is 2.50 bits per heavy atom. The van der Waals surface area contributed by atoms with Crippen LogP contribution in [-0.4, -0.2) is 34.3 Å². The molecule has 2 rings (SSSR count). The monoisotopic (exact) mass is 288 g/mol. The number of rotatable bonds is 6. The largest absolute Gasteiger partial charge is 0.421 e. The summed E-state index contributed by atoms with van der Waals surface area (Å²) in [5.41, 5.74) is 1.39. The Labute approximate surface area is 115 Å². The third kappa shape index (κ3) is 2.88. The summed E-state index contributed by atoms with van der Waals surface area (Å²) in [6, 6.07) is 7.35. The van der Waals surface area contributed by atoms with Crippen molar-refractivity contribution >= 4 is 34.3 Å². The van der Waals surface area contributed by atoms with Crippen molar-refractivity contribution in [3.05, 3.63) is 34.8 Å². The van der Waals surface area contributed by atoms with Gasteiger partial charge >= 0.3 is 5.76 Å². The number of benzene rings is 1. The molecule has 4 nitrogen and oxygen atoms in total. The minimum Gasteiger partial charge on any atom is -0.408 e. The minimum absolute atomic E-state index is 0.356. The average Bonchev–Trinajstić information content (AvgIpc) is 2.67. The number of aromatic nitrogens is 1. The predicted molar refractivity (Wildman–Crippen MR) is 73.5 cm³/mol. The second-order valence-corrected chi connectivity index (χ2v) is 4.66. The van der Waals surface area contributed by atoms with E-state index in [-0.39, 0.29) is 5.76 Å². The van der Waals surface area contributed by atoms with Crippen LogP contribution in [0.4, 0.5) is 0 Å². The number of alkyl halides is 2. The molecule has 0 bridgehead atoms. The highest BCUT2D eigenvalue weighted by molar-refractivity contribution is 6.18. The fourth-order valence-electron chi connectivity index (χ4n) is 1.84. The highest BCUT2D eigenvalue weighted by atomic mass is 35.5. The van der Waals surface area contributed by atoms with Crippen LogP contribution in [0.15, 0.2) is 33.5 Å². The molecule has 0 atom stereocenters. The smallest absolute Gasteiger partial charge is 0.408 e. The summed E-state index contributed by atoms with van der Waals surface area (Å²) in [6.45, 7) is 1.80. The maximum absolute atomic E-state index is 11.8. The van der Waals surface area contributed by atoms with Gasteiger partial charge in [0.15, 0.2) is 5.58 Å². The van der Waals surface area contributed by atoms with Crippen molar-refractivity contribution in [1.29, 1.82) is 0 Å². The van der Waals surface area contributed by atoms with Gasteiger partial charge in [-0.15, -0.1) is 23.2 Å². The molecular weight excluding hydrogens is 275 g/mol. The van der Waals surface area contributed by atoms with E-state index in [4.69, 9.17) is 27.6 Å². The van der Waals surface area contributed by atoms with Crippen molar-refractivity contribution in [3.63, 3.8) is 0 Å². The lowest BCUT2D eigenvalue weighted by atomic mass is 10.3. The summed E-state index contributed by atoms with van der Waals surface area (Å²) in [5.74, 6) is 0.647. The molecule has 0 aliphatic rings. The fourth-order valence-corrected chi connectivity index (χ4v) is 2.32. The van der Waals surface area contributed by atoms with E-state index in [1.165, 1.54) is 0 Å². The number of fused-ring (bicyclic) bond motifs is 1. The second kappa shape index (κ2) is 6.27. The van der Waals surface area contributed by atoms with Crippen LogP contribution in [0, 0.1) is 0 Å². The van der Waals surface area contributed by atoms with Crippen LogP contribution in [-0.2, 0) is 6.67 Å². The van der Waals surface area contributed by atoms with Gasteiger partial charge in [-0.1, -0.05) is 12.1 Å². The van der Waals surface area contributed by atoms with Crippen LogP contribution in [0.3, 0.4) is 0 Å². The van der Waals surface area contributed by atoms with E-state index >= 15 is 0 Å². The topological polar surface area (TPSA) is 38.4 Å². The van der Waals surface area contributed by atoms with Crippen molar-refractivity contribution in [2.24, 2.45) is 0 Å². The normalized spacial score (nSPS) is 11.5. The standard InChI is InChI=1S/C12H14Cl2N2O2/c13-5-7-15(8-6-14)9-16-10-3-1-2-4-11(10)18-12(16)17/h1-4H,5-9H2. The molecule has 0 amide bonds. The lowest BCUT2D eigenvalue weighted by Gasteiger charge is -2.19. The Balaban J connectivity index is 2.29. The molecule has 0 N–H and O–H groups in total. The highest BCUT2D eigenvalue weighted by Crippen LogP contribution is 2.12. The van der Waals surface area contributed by atoms with Crippen molar-refractivity contribution in [2.45, 2.75) is 6.67 Å². The molecule has 0 aliphatic carbocycles. The van der Waals surface area contributed by atoms with Gasteiger partial charge in [0.1, 0.15) is 0 Å². The molecule has 0 unspecified atom stereocenters. The first kappa shape index (κ1) is 13.5. The third-order valence-corrected chi connectivity index (χ3v) is 3.05. The molecule has 0 saturated carbocycles. The van der Waals surface area contributed by atoms with Gasteiger partial charge in [-0.3, -0.25) is 9.47 Å². The Kier molecular flexibility index (Phi) is 4.69. The van der Waals surface area contributed by atoms with Crippen molar-refractivity contribution in [2.75, 3.05) is 24.8 Å². The van der Waals surface area contributed by atoms with Gasteiger partial charge in [0.25, 0.3) is 0 Å². The molecule has 0 radical (unpaired) electrons. The Bertz CT molecular complexity index is 558. The molecule has 0 fully saturated rings. The van der Waals surface area contributed by atoms with E-state index < -0.39 is 0 Å². The van der Waals surface area contributed by atoms with Crippen LogP contribution < -0.4 is 5.76 Å². The number of oxazole rings is 1. The summed E-state index contributed by atoms with van der Waals surface area (Å²) in [5, 5.41) is 0. The SMILES string of the molecule is O=c1oc2ccccc2n1CN(CCCl)CCCl. The van der Waals surface area contributed by atoms with Crippen LogP contribution in [0.2, 0.25) is 0 Å². The lowest BCUT2D eigenvalue weighted by Crippen LogP contribution is -2.33. The molecule has 1 heterocycles. The van der Waals surface area contributed by atoms with Crippen LogP contribution >= 0.6 is 23.2 Å². The number of hydrogen-bond acceptors (Lipinski definition) is 3. The van der Waals surface area contributed by atoms with E-state index in [1.54, 1.807) is 10.6 Å². The van der Waals surface area contributed by atoms with E-state index in [2.05, 4.69) is 0 Å². The van der Waals surface area contributed by atoms with Crippen LogP contribution in [0.1, 0.15) is 0 Å². The van der Waals surface area contributed by atoms with E-state index in [1.807, 2.05) is 23.1 Å². The summed E-state index contributed by atoms with van der Waals surface area (Å²) < 4.78 is 6.76. The van der Waals surface area contributed by atoms with Gasteiger partial charge in [-0.05, 0) is 12.1 Å². The molecule has 0 spiro atoms. The molecule has 1 aromatic carbocycles. The number of nitrogens with zero attached hydrogens (tertiary/aromatic N) is 2. The Morgan fingerprint density at radius 1 is 1.17 bits per heavy atom. The zero-order valence-corrected chi connectivity index (χ0v) is 11.3. The second-order valence-electron chi connectivity index (χ2n) is 3.90. The maximum atomic E-state index is 11.8. The molecule has 0 aliphatic heterocycles. The predicted octanol–water partition coefficient (Wildman–Crippen LogP) is 2.33. The highest BCUT2D eigenvalue weighted by Gasteiger charge is 2.11. The van der Waals surface area contributed by atoms with Crippen molar-refractivity contribution in [3.8, 4) is 0 Å². The summed E-state index contributed by atoms with van der Waals surface area (Å²) >= 11 is 11.5. The van der Waals surface area contributed by atoms with Gasteiger partial charge < -0.3 is 4.42 Å². The first-order valence-electron chi connectivity index (χ1n) is 5.69. The molecule has 6 heteroatoms. The zero-order chi connectivity index (χ0) is 13.0. The van der Waals surface area contributed by atoms with Gasteiger partial charge in [0.05, 0.1) is 12.2 Å².